The molecule has 0 aliphatic heterocycles. The van der Waals surface area contributed by atoms with Gasteiger partial charge in [0.05, 0.1) is 45.6 Å². The molecule has 198 valence electrons. The molecule has 0 unspecified atom stereocenters. The van der Waals surface area contributed by atoms with Crippen LogP contribution >= 0.6 is 23.5 Å². The van der Waals surface area contributed by atoms with Crippen molar-refractivity contribution in [2.45, 2.75) is 9.79 Å². The zero-order valence-corrected chi connectivity index (χ0v) is 27.4. The van der Waals surface area contributed by atoms with Gasteiger partial charge in [0.2, 0.25) is 0 Å². The van der Waals surface area contributed by atoms with Gasteiger partial charge in [-0.25, -0.2) is 9.97 Å². The third-order valence-electron chi connectivity index (χ3n) is 5.78. The van der Waals surface area contributed by atoms with Crippen LogP contribution in [0.2, 0.25) is 0 Å². The van der Waals surface area contributed by atoms with E-state index in [1.165, 1.54) is 0 Å². The SMILES string of the molecule is CSc1cc(-c2ccccn2)nc(-c2ccccn2)c1.CSc1cc(-c2ccccn2)nc(-c2ccccn2)c1.[Zn]. The Morgan fingerprint density at radius 3 is 0.854 bits per heavy atom. The summed E-state index contributed by atoms with van der Waals surface area (Å²) >= 11 is 3.38. The number of rotatable bonds is 6. The Kier molecular flexibility index (Phi) is 11.3. The summed E-state index contributed by atoms with van der Waals surface area (Å²) in [5.74, 6) is 0. The van der Waals surface area contributed by atoms with Crippen LogP contribution in [0.5, 0.6) is 0 Å². The van der Waals surface area contributed by atoms with Crippen LogP contribution in [-0.2, 0) is 19.5 Å². The minimum absolute atomic E-state index is 0. The molecule has 0 aliphatic carbocycles. The normalized spacial score (nSPS) is 10.2. The maximum absolute atomic E-state index is 4.68. The van der Waals surface area contributed by atoms with Gasteiger partial charge >= 0.3 is 0 Å². The van der Waals surface area contributed by atoms with Gasteiger partial charge in [-0.05, 0) is 85.3 Å². The zero-order valence-electron chi connectivity index (χ0n) is 22.8. The molecule has 0 atom stereocenters. The van der Waals surface area contributed by atoms with Gasteiger partial charge in [0.25, 0.3) is 0 Å². The largest absolute Gasteiger partial charge is 0.255 e. The van der Waals surface area contributed by atoms with E-state index in [2.05, 4.69) is 66.7 Å². The number of hydrogen-bond donors (Lipinski definition) is 0. The van der Waals surface area contributed by atoms with E-state index < -0.39 is 0 Å². The number of aromatic nitrogens is 6. The van der Waals surface area contributed by atoms with Gasteiger partial charge in [0.1, 0.15) is 0 Å². The van der Waals surface area contributed by atoms with Crippen molar-refractivity contribution in [2.24, 2.45) is 0 Å². The van der Waals surface area contributed by atoms with Crippen molar-refractivity contribution in [1.29, 1.82) is 0 Å². The van der Waals surface area contributed by atoms with Crippen molar-refractivity contribution >= 4 is 23.5 Å². The minimum atomic E-state index is 0. The van der Waals surface area contributed by atoms with Gasteiger partial charge in [0.15, 0.2) is 0 Å². The maximum Gasteiger partial charge on any atom is 0.0905 e. The second-order valence-electron chi connectivity index (χ2n) is 8.41. The minimum Gasteiger partial charge on any atom is -0.255 e. The summed E-state index contributed by atoms with van der Waals surface area (Å²) in [4.78, 5) is 29.1. The molecule has 0 fully saturated rings. The van der Waals surface area contributed by atoms with Crippen LogP contribution in [0.15, 0.2) is 132 Å². The van der Waals surface area contributed by atoms with E-state index >= 15 is 0 Å². The van der Waals surface area contributed by atoms with Crippen molar-refractivity contribution in [2.75, 3.05) is 12.5 Å². The molecule has 41 heavy (non-hydrogen) atoms. The molecule has 0 saturated heterocycles. The van der Waals surface area contributed by atoms with E-state index in [-0.39, 0.29) is 19.5 Å². The first kappa shape index (κ1) is 30.2. The monoisotopic (exact) mass is 622 g/mol. The van der Waals surface area contributed by atoms with Crippen molar-refractivity contribution in [3.8, 4) is 45.6 Å². The quantitative estimate of drug-likeness (QED) is 0.137. The molecule has 0 saturated carbocycles. The van der Waals surface area contributed by atoms with Crippen LogP contribution < -0.4 is 0 Å². The fourth-order valence-corrected chi connectivity index (χ4v) is 4.75. The second-order valence-corrected chi connectivity index (χ2v) is 10.2. The Labute approximate surface area is 261 Å². The van der Waals surface area contributed by atoms with E-state index in [9.17, 15) is 0 Å². The molecule has 0 aliphatic rings. The summed E-state index contributed by atoms with van der Waals surface area (Å²) in [5.41, 5.74) is 7.00. The van der Waals surface area contributed by atoms with Gasteiger partial charge in [-0.15, -0.1) is 23.5 Å². The summed E-state index contributed by atoms with van der Waals surface area (Å²) in [6, 6.07) is 31.6. The van der Waals surface area contributed by atoms with Crippen LogP contribution in [0.25, 0.3) is 45.6 Å². The molecule has 0 radical (unpaired) electrons. The van der Waals surface area contributed by atoms with Crippen LogP contribution in [0.1, 0.15) is 0 Å². The zero-order chi connectivity index (χ0) is 27.6. The maximum atomic E-state index is 4.68. The molecular weight excluding hydrogens is 598 g/mol. The van der Waals surface area contributed by atoms with Gasteiger partial charge < -0.3 is 0 Å². The smallest absolute Gasteiger partial charge is 0.0905 e. The summed E-state index contributed by atoms with van der Waals surface area (Å²) in [7, 11) is 0. The average Bonchev–Trinajstić information content (AvgIpc) is 3.06. The average molecular weight is 624 g/mol. The summed E-state index contributed by atoms with van der Waals surface area (Å²) in [6.45, 7) is 0. The molecule has 0 bridgehead atoms. The molecule has 6 rings (SSSR count). The molecule has 0 aromatic carbocycles. The number of nitrogens with zero attached hydrogens (tertiary/aromatic N) is 6. The molecule has 6 aromatic rings. The first-order valence-corrected chi connectivity index (χ1v) is 15.0. The Hall–Kier alpha value is -3.78. The molecule has 6 aromatic heterocycles. The van der Waals surface area contributed by atoms with Crippen molar-refractivity contribution < 1.29 is 19.5 Å². The van der Waals surface area contributed by atoms with E-state index in [0.29, 0.717) is 0 Å². The van der Waals surface area contributed by atoms with E-state index in [1.807, 2.05) is 72.8 Å². The molecule has 0 N–H and O–H groups in total. The Morgan fingerprint density at radius 1 is 0.390 bits per heavy atom. The van der Waals surface area contributed by atoms with Gasteiger partial charge in [0, 0.05) is 54.1 Å². The Bertz CT molecular complexity index is 1420. The summed E-state index contributed by atoms with van der Waals surface area (Å²) in [5, 5.41) is 0. The molecule has 6 nitrogen and oxygen atoms in total. The Balaban J connectivity index is 0.000000184. The molecule has 6 heterocycles. The number of pyridine rings is 6. The van der Waals surface area contributed by atoms with Gasteiger partial charge in [-0.2, -0.15) is 0 Å². The molecule has 0 amide bonds. The topological polar surface area (TPSA) is 77.3 Å². The standard InChI is InChI=1S/2C16H13N3S.Zn/c2*1-20-12-10-15(13-6-2-4-8-17-13)19-16(11-12)14-7-3-5-9-18-14;/h2*2-11H,1H3;. The summed E-state index contributed by atoms with van der Waals surface area (Å²) in [6.07, 6.45) is 11.2. The first-order valence-electron chi connectivity index (χ1n) is 12.5. The number of hydrogen-bond acceptors (Lipinski definition) is 8. The summed E-state index contributed by atoms with van der Waals surface area (Å²) < 4.78 is 0. The van der Waals surface area contributed by atoms with Crippen molar-refractivity contribution in [1.82, 2.24) is 29.9 Å². The van der Waals surface area contributed by atoms with Crippen molar-refractivity contribution in [3.63, 3.8) is 0 Å². The molecule has 9 heteroatoms. The second kappa shape index (κ2) is 15.3. The fourth-order valence-electron chi connectivity index (χ4n) is 3.83. The Morgan fingerprint density at radius 2 is 0.659 bits per heavy atom. The van der Waals surface area contributed by atoms with Crippen LogP contribution in [0, 0.1) is 0 Å². The third-order valence-corrected chi connectivity index (χ3v) is 7.19. The predicted molar refractivity (Wildman–Crippen MR) is 165 cm³/mol. The molecule has 0 spiro atoms. The first-order chi connectivity index (χ1) is 19.7. The van der Waals surface area contributed by atoms with Gasteiger partial charge in [-0.1, -0.05) is 24.3 Å². The third kappa shape index (κ3) is 8.13. The number of thioether (sulfide) groups is 2. The van der Waals surface area contributed by atoms with Crippen LogP contribution in [0.3, 0.4) is 0 Å². The van der Waals surface area contributed by atoms with Crippen LogP contribution in [-0.4, -0.2) is 42.4 Å². The van der Waals surface area contributed by atoms with Crippen molar-refractivity contribution in [3.05, 3.63) is 122 Å². The fraction of sp³-hybridized carbons (Fsp3) is 0.0625. The van der Waals surface area contributed by atoms with E-state index in [0.717, 1.165) is 55.3 Å². The van der Waals surface area contributed by atoms with Gasteiger partial charge in [-0.3, -0.25) is 19.9 Å². The van der Waals surface area contributed by atoms with E-state index in [1.54, 1.807) is 48.3 Å². The van der Waals surface area contributed by atoms with E-state index in [4.69, 9.17) is 0 Å². The van der Waals surface area contributed by atoms with Crippen LogP contribution in [0.4, 0.5) is 0 Å². The predicted octanol–water partition coefficient (Wildman–Crippen LogP) is 7.85. The molecular formula is C32H26N6S2Zn.